The summed E-state index contributed by atoms with van der Waals surface area (Å²) in [6.07, 6.45) is 0.511. The van der Waals surface area contributed by atoms with Crippen molar-refractivity contribution in [1.82, 2.24) is 4.90 Å². The molecule has 1 atom stereocenters. The lowest BCUT2D eigenvalue weighted by Crippen LogP contribution is -2.41. The Labute approximate surface area is 129 Å². The molecule has 1 aromatic carbocycles. The summed E-state index contributed by atoms with van der Waals surface area (Å²) in [5.74, 6) is 0.645. The number of nitrogens with zero attached hydrogens (tertiary/aromatic N) is 1. The molecule has 0 N–H and O–H groups in total. The Balaban J connectivity index is 1.99. The van der Waals surface area contributed by atoms with Crippen molar-refractivity contribution in [1.29, 1.82) is 0 Å². The van der Waals surface area contributed by atoms with Crippen LogP contribution in [0, 0.1) is 6.92 Å². The van der Waals surface area contributed by atoms with Gasteiger partial charge in [0, 0.05) is 18.0 Å². The molecule has 118 valence electrons. The van der Waals surface area contributed by atoms with E-state index in [1.165, 1.54) is 0 Å². The third-order valence-corrected chi connectivity index (χ3v) is 5.99. The molecule has 6 heteroatoms. The molecule has 0 bridgehead atoms. The first kappa shape index (κ1) is 15.1. The van der Waals surface area contributed by atoms with Gasteiger partial charge in [0.2, 0.25) is 0 Å². The number of benzene rings is 1. The summed E-state index contributed by atoms with van der Waals surface area (Å²) >= 11 is 0. The Kier molecular flexibility index (Phi) is 3.72. The fourth-order valence-corrected chi connectivity index (χ4v) is 4.90. The molecule has 1 aliphatic heterocycles. The van der Waals surface area contributed by atoms with Crippen molar-refractivity contribution in [3.05, 3.63) is 35.6 Å². The summed E-state index contributed by atoms with van der Waals surface area (Å²) < 4.78 is 29.0. The van der Waals surface area contributed by atoms with E-state index in [1.54, 1.807) is 11.8 Å². The normalized spacial score (nSPS) is 20.4. The van der Waals surface area contributed by atoms with E-state index >= 15 is 0 Å². The standard InChI is InChI=1S/C16H19NO4S/c1-3-17(12-8-9-22(19,20)10-12)16(18)15-11(2)21-14-7-5-4-6-13(14)15/h4-7,12H,3,8-10H2,1-2H3. The molecule has 5 nitrogen and oxygen atoms in total. The monoisotopic (exact) mass is 321 g/mol. The van der Waals surface area contributed by atoms with Crippen LogP contribution in [0.1, 0.15) is 29.5 Å². The number of aryl methyl sites for hydroxylation is 1. The summed E-state index contributed by atoms with van der Waals surface area (Å²) in [5.41, 5.74) is 1.22. The zero-order valence-corrected chi connectivity index (χ0v) is 13.5. The van der Waals surface area contributed by atoms with Crippen LogP contribution < -0.4 is 0 Å². The van der Waals surface area contributed by atoms with Crippen LogP contribution in [-0.2, 0) is 9.84 Å². The fourth-order valence-electron chi connectivity index (χ4n) is 3.17. The molecule has 2 aromatic rings. The Morgan fingerprint density at radius 2 is 2.09 bits per heavy atom. The van der Waals surface area contributed by atoms with Crippen molar-refractivity contribution < 1.29 is 17.6 Å². The van der Waals surface area contributed by atoms with Gasteiger partial charge in [-0.1, -0.05) is 18.2 Å². The molecule has 22 heavy (non-hydrogen) atoms. The lowest BCUT2D eigenvalue weighted by molar-refractivity contribution is 0.0708. The van der Waals surface area contributed by atoms with Gasteiger partial charge in [-0.25, -0.2) is 8.42 Å². The largest absolute Gasteiger partial charge is 0.461 e. The SMILES string of the molecule is CCN(C(=O)c1c(C)oc2ccccc12)C1CCS(=O)(=O)C1. The Morgan fingerprint density at radius 3 is 2.73 bits per heavy atom. The molecule has 1 saturated heterocycles. The molecule has 0 spiro atoms. The number of para-hydroxylation sites is 1. The molecule has 0 aliphatic carbocycles. The average molecular weight is 321 g/mol. The number of rotatable bonds is 3. The maximum absolute atomic E-state index is 12.9. The highest BCUT2D eigenvalue weighted by Gasteiger charge is 2.35. The van der Waals surface area contributed by atoms with E-state index in [-0.39, 0.29) is 23.5 Å². The lowest BCUT2D eigenvalue weighted by Gasteiger charge is -2.26. The van der Waals surface area contributed by atoms with Gasteiger partial charge >= 0.3 is 0 Å². The van der Waals surface area contributed by atoms with E-state index in [4.69, 9.17) is 4.42 Å². The van der Waals surface area contributed by atoms with E-state index in [9.17, 15) is 13.2 Å². The van der Waals surface area contributed by atoms with E-state index in [0.717, 1.165) is 5.39 Å². The molecule has 1 fully saturated rings. The van der Waals surface area contributed by atoms with Crippen molar-refractivity contribution in [3.8, 4) is 0 Å². The number of hydrogen-bond donors (Lipinski definition) is 0. The summed E-state index contributed by atoms with van der Waals surface area (Å²) in [7, 11) is -3.02. The molecular weight excluding hydrogens is 302 g/mol. The molecule has 0 saturated carbocycles. The Morgan fingerprint density at radius 1 is 1.36 bits per heavy atom. The molecule has 1 unspecified atom stereocenters. The first-order chi connectivity index (χ1) is 10.4. The van der Waals surface area contributed by atoms with Crippen LogP contribution in [0.25, 0.3) is 11.0 Å². The van der Waals surface area contributed by atoms with E-state index < -0.39 is 9.84 Å². The minimum atomic E-state index is -3.02. The van der Waals surface area contributed by atoms with Crippen LogP contribution in [0.3, 0.4) is 0 Å². The summed E-state index contributed by atoms with van der Waals surface area (Å²) in [4.78, 5) is 14.6. The van der Waals surface area contributed by atoms with Gasteiger partial charge in [0.05, 0.1) is 17.1 Å². The van der Waals surface area contributed by atoms with Crippen molar-refractivity contribution in [3.63, 3.8) is 0 Å². The van der Waals surface area contributed by atoms with Gasteiger partial charge in [-0.2, -0.15) is 0 Å². The minimum Gasteiger partial charge on any atom is -0.461 e. The van der Waals surface area contributed by atoms with Crippen LogP contribution in [0.5, 0.6) is 0 Å². The van der Waals surface area contributed by atoms with Gasteiger partial charge in [-0.3, -0.25) is 4.79 Å². The highest BCUT2D eigenvalue weighted by molar-refractivity contribution is 7.91. The number of carbonyl (C=O) groups is 1. The highest BCUT2D eigenvalue weighted by atomic mass is 32.2. The number of fused-ring (bicyclic) bond motifs is 1. The van der Waals surface area contributed by atoms with Crippen molar-refractivity contribution >= 4 is 26.7 Å². The molecule has 1 aliphatic rings. The minimum absolute atomic E-state index is 0.0570. The number of furan rings is 1. The van der Waals surface area contributed by atoms with E-state index in [1.807, 2.05) is 31.2 Å². The fraction of sp³-hybridized carbons (Fsp3) is 0.438. The van der Waals surface area contributed by atoms with Crippen LogP contribution in [0.15, 0.2) is 28.7 Å². The lowest BCUT2D eigenvalue weighted by atomic mass is 10.1. The van der Waals surface area contributed by atoms with Crippen molar-refractivity contribution in [2.75, 3.05) is 18.1 Å². The van der Waals surface area contributed by atoms with Gasteiger partial charge < -0.3 is 9.32 Å². The highest BCUT2D eigenvalue weighted by Crippen LogP contribution is 2.28. The Bertz CT molecular complexity index is 822. The molecule has 3 rings (SSSR count). The van der Waals surface area contributed by atoms with Gasteiger partial charge in [-0.15, -0.1) is 0 Å². The maximum atomic E-state index is 12.9. The van der Waals surface area contributed by atoms with Crippen molar-refractivity contribution in [2.24, 2.45) is 0 Å². The molecule has 2 heterocycles. The number of sulfone groups is 1. The van der Waals surface area contributed by atoms with E-state index in [0.29, 0.717) is 29.9 Å². The Hall–Kier alpha value is -1.82. The zero-order valence-electron chi connectivity index (χ0n) is 12.7. The maximum Gasteiger partial charge on any atom is 0.258 e. The second kappa shape index (κ2) is 5.43. The summed E-state index contributed by atoms with van der Waals surface area (Å²) in [5, 5.41) is 0.782. The van der Waals surface area contributed by atoms with Gasteiger partial charge in [0.1, 0.15) is 11.3 Å². The number of amides is 1. The van der Waals surface area contributed by atoms with Crippen LogP contribution in [-0.4, -0.2) is 43.3 Å². The van der Waals surface area contributed by atoms with Gasteiger partial charge in [0.25, 0.3) is 5.91 Å². The topological polar surface area (TPSA) is 67.6 Å². The summed E-state index contributed by atoms with van der Waals surface area (Å²) in [6.45, 7) is 4.13. The van der Waals surface area contributed by atoms with Crippen LogP contribution in [0.2, 0.25) is 0 Å². The third kappa shape index (κ3) is 2.52. The summed E-state index contributed by atoms with van der Waals surface area (Å²) in [6, 6.07) is 7.18. The first-order valence-electron chi connectivity index (χ1n) is 7.42. The predicted molar refractivity (Wildman–Crippen MR) is 84.7 cm³/mol. The second-order valence-electron chi connectivity index (χ2n) is 5.68. The average Bonchev–Trinajstić information content (AvgIpc) is 2.98. The quantitative estimate of drug-likeness (QED) is 0.870. The second-order valence-corrected chi connectivity index (χ2v) is 7.91. The molecular formula is C16H19NO4S. The van der Waals surface area contributed by atoms with Crippen LogP contribution in [0.4, 0.5) is 0 Å². The smallest absolute Gasteiger partial charge is 0.258 e. The molecule has 1 amide bonds. The zero-order chi connectivity index (χ0) is 15.9. The van der Waals surface area contributed by atoms with Gasteiger partial charge in [0.15, 0.2) is 9.84 Å². The third-order valence-electron chi connectivity index (χ3n) is 4.24. The van der Waals surface area contributed by atoms with Crippen LogP contribution >= 0.6 is 0 Å². The first-order valence-corrected chi connectivity index (χ1v) is 9.24. The van der Waals surface area contributed by atoms with E-state index in [2.05, 4.69) is 0 Å². The number of hydrogen-bond acceptors (Lipinski definition) is 4. The molecule has 1 aromatic heterocycles. The van der Waals surface area contributed by atoms with Gasteiger partial charge in [-0.05, 0) is 26.3 Å². The predicted octanol–water partition coefficient (Wildman–Crippen LogP) is 2.39. The number of carbonyl (C=O) groups excluding carboxylic acids is 1. The molecule has 0 radical (unpaired) electrons. The van der Waals surface area contributed by atoms with Crippen molar-refractivity contribution in [2.45, 2.75) is 26.3 Å².